The van der Waals surface area contributed by atoms with Crippen LogP contribution in [0.3, 0.4) is 0 Å². The highest BCUT2D eigenvalue weighted by Crippen LogP contribution is 2.39. The van der Waals surface area contributed by atoms with Gasteiger partial charge in [0.1, 0.15) is 0 Å². The summed E-state index contributed by atoms with van der Waals surface area (Å²) < 4.78 is 6.80. The Hall–Kier alpha value is -0.913. The minimum absolute atomic E-state index is 0.194. The molecule has 0 fully saturated rings. The SMILES string of the molecule is CCCCCC(CCC1=CC[C@H](O)[C@@H]1C/C=C\CCCC(=O)O)O[Si](C)(C)C(C)(C)C. The standard InChI is InChI=1S/C26H48O4Si/c1-7-8-11-14-22(30-31(5,6)26(2,3)4)19-17-21-18-20-24(27)23(21)15-12-9-10-13-16-25(28)29/h9,12,18,22-24,27H,7-8,10-11,13-17,19-20H2,1-6H3,(H,28,29)/b12-9-/t22?,23-,24+/m1/s1. The van der Waals surface area contributed by atoms with Crippen LogP contribution in [0.25, 0.3) is 0 Å². The van der Waals surface area contributed by atoms with Gasteiger partial charge >= 0.3 is 5.97 Å². The molecule has 4 nitrogen and oxygen atoms in total. The van der Waals surface area contributed by atoms with Crippen LogP contribution in [0.1, 0.15) is 98.3 Å². The third-order valence-electron chi connectivity index (χ3n) is 7.03. The van der Waals surface area contributed by atoms with Crippen molar-refractivity contribution in [1.82, 2.24) is 0 Å². The van der Waals surface area contributed by atoms with E-state index in [9.17, 15) is 9.90 Å². The number of aliphatic hydroxyl groups excluding tert-OH is 1. The monoisotopic (exact) mass is 452 g/mol. The molecule has 5 heteroatoms. The van der Waals surface area contributed by atoms with E-state index in [0.717, 1.165) is 38.5 Å². The molecule has 0 aromatic rings. The van der Waals surface area contributed by atoms with Crippen LogP contribution < -0.4 is 0 Å². The van der Waals surface area contributed by atoms with Crippen molar-refractivity contribution in [2.75, 3.05) is 0 Å². The van der Waals surface area contributed by atoms with Crippen molar-refractivity contribution in [1.29, 1.82) is 0 Å². The first kappa shape index (κ1) is 28.1. The lowest BCUT2D eigenvalue weighted by atomic mass is 9.91. The number of rotatable bonds is 15. The number of allylic oxidation sites excluding steroid dienone is 2. The molecule has 180 valence electrons. The van der Waals surface area contributed by atoms with Crippen LogP contribution in [0.15, 0.2) is 23.8 Å². The summed E-state index contributed by atoms with van der Waals surface area (Å²) in [4.78, 5) is 10.6. The Morgan fingerprint density at radius 3 is 2.55 bits per heavy atom. The Morgan fingerprint density at radius 1 is 1.23 bits per heavy atom. The number of carboxylic acid groups (broad SMARTS) is 1. The normalized spacial score (nSPS) is 20.9. The summed E-state index contributed by atoms with van der Waals surface area (Å²) in [6, 6.07) is 0. The van der Waals surface area contributed by atoms with E-state index in [1.807, 2.05) is 0 Å². The van der Waals surface area contributed by atoms with Gasteiger partial charge in [0.25, 0.3) is 0 Å². The van der Waals surface area contributed by atoms with Gasteiger partial charge in [-0.15, -0.1) is 0 Å². The van der Waals surface area contributed by atoms with E-state index >= 15 is 0 Å². The third kappa shape index (κ3) is 10.5. The topological polar surface area (TPSA) is 66.8 Å². The van der Waals surface area contributed by atoms with E-state index in [4.69, 9.17) is 9.53 Å². The van der Waals surface area contributed by atoms with Crippen molar-refractivity contribution < 1.29 is 19.4 Å². The van der Waals surface area contributed by atoms with Gasteiger partial charge in [0.2, 0.25) is 0 Å². The van der Waals surface area contributed by atoms with Crippen molar-refractivity contribution in [2.45, 2.75) is 129 Å². The fraction of sp³-hybridized carbons (Fsp3) is 0.808. The molecule has 31 heavy (non-hydrogen) atoms. The van der Waals surface area contributed by atoms with E-state index in [0.29, 0.717) is 12.5 Å². The van der Waals surface area contributed by atoms with Crippen molar-refractivity contribution >= 4 is 14.3 Å². The summed E-state index contributed by atoms with van der Waals surface area (Å²) in [5.74, 6) is -0.543. The van der Waals surface area contributed by atoms with Crippen molar-refractivity contribution in [2.24, 2.45) is 5.92 Å². The molecule has 1 rings (SSSR count). The van der Waals surface area contributed by atoms with Crippen LogP contribution in [0, 0.1) is 5.92 Å². The van der Waals surface area contributed by atoms with Crippen molar-refractivity contribution in [3.8, 4) is 0 Å². The summed E-state index contributed by atoms with van der Waals surface area (Å²) in [6.07, 6.45) is 16.6. The number of carboxylic acids is 1. The fourth-order valence-corrected chi connectivity index (χ4v) is 5.39. The summed E-state index contributed by atoms with van der Waals surface area (Å²) in [5, 5.41) is 19.4. The number of unbranched alkanes of at least 4 members (excludes halogenated alkanes) is 3. The van der Waals surface area contributed by atoms with E-state index < -0.39 is 14.3 Å². The molecule has 1 unspecified atom stereocenters. The molecule has 0 amide bonds. The number of hydrogen-bond donors (Lipinski definition) is 2. The van der Waals surface area contributed by atoms with Crippen LogP contribution in [0.4, 0.5) is 0 Å². The largest absolute Gasteiger partial charge is 0.481 e. The molecule has 0 spiro atoms. The van der Waals surface area contributed by atoms with E-state index in [1.165, 1.54) is 24.8 Å². The molecule has 2 N–H and O–H groups in total. The number of aliphatic carboxylic acids is 1. The van der Waals surface area contributed by atoms with Gasteiger partial charge in [0, 0.05) is 18.4 Å². The molecule has 0 aromatic heterocycles. The molecule has 1 aliphatic carbocycles. The zero-order chi connectivity index (χ0) is 23.5. The molecule has 0 heterocycles. The fourth-order valence-electron chi connectivity index (χ4n) is 3.97. The molecule has 0 radical (unpaired) electrons. The van der Waals surface area contributed by atoms with Gasteiger partial charge in [-0.25, -0.2) is 0 Å². The van der Waals surface area contributed by atoms with E-state index in [1.54, 1.807) is 0 Å². The molecule has 0 aromatic carbocycles. The van der Waals surface area contributed by atoms with Crippen LogP contribution >= 0.6 is 0 Å². The second kappa shape index (κ2) is 13.6. The summed E-state index contributed by atoms with van der Waals surface area (Å²) >= 11 is 0. The molecular formula is C26H48O4Si. The molecule has 3 atom stereocenters. The zero-order valence-corrected chi connectivity index (χ0v) is 22.0. The van der Waals surface area contributed by atoms with Crippen molar-refractivity contribution in [3.63, 3.8) is 0 Å². The van der Waals surface area contributed by atoms with Crippen LogP contribution in [-0.2, 0) is 9.22 Å². The van der Waals surface area contributed by atoms with Crippen molar-refractivity contribution in [3.05, 3.63) is 23.8 Å². The Bertz CT molecular complexity index is 589. The Kier molecular flexibility index (Phi) is 12.3. The lowest BCUT2D eigenvalue weighted by Crippen LogP contribution is -2.44. The molecule has 0 aliphatic heterocycles. The summed E-state index contributed by atoms with van der Waals surface area (Å²) in [5.41, 5.74) is 1.38. The Labute approximate surface area is 192 Å². The minimum Gasteiger partial charge on any atom is -0.481 e. The minimum atomic E-state index is -1.80. The molecule has 0 saturated heterocycles. The number of hydrogen-bond acceptors (Lipinski definition) is 3. The maximum absolute atomic E-state index is 10.6. The predicted octanol–water partition coefficient (Wildman–Crippen LogP) is 7.25. The van der Waals surface area contributed by atoms with Gasteiger partial charge in [0.15, 0.2) is 8.32 Å². The van der Waals surface area contributed by atoms with Gasteiger partial charge in [-0.3, -0.25) is 4.79 Å². The molecule has 0 saturated carbocycles. The smallest absolute Gasteiger partial charge is 0.303 e. The molecular weight excluding hydrogens is 404 g/mol. The zero-order valence-electron chi connectivity index (χ0n) is 21.0. The predicted molar refractivity (Wildman–Crippen MR) is 133 cm³/mol. The highest BCUT2D eigenvalue weighted by molar-refractivity contribution is 6.74. The average Bonchev–Trinajstić information content (AvgIpc) is 3.01. The van der Waals surface area contributed by atoms with Gasteiger partial charge in [-0.05, 0) is 63.1 Å². The van der Waals surface area contributed by atoms with Crippen LogP contribution in [-0.4, -0.2) is 36.7 Å². The van der Waals surface area contributed by atoms with E-state index in [-0.39, 0.29) is 23.5 Å². The maximum atomic E-state index is 10.6. The first-order valence-electron chi connectivity index (χ1n) is 12.4. The highest BCUT2D eigenvalue weighted by Gasteiger charge is 2.39. The second-order valence-corrected chi connectivity index (χ2v) is 15.5. The first-order chi connectivity index (χ1) is 14.5. The third-order valence-corrected chi connectivity index (χ3v) is 11.6. The Morgan fingerprint density at radius 2 is 1.94 bits per heavy atom. The van der Waals surface area contributed by atoms with Crippen LogP contribution in [0.5, 0.6) is 0 Å². The van der Waals surface area contributed by atoms with Gasteiger partial charge in [-0.1, -0.05) is 70.8 Å². The number of aliphatic hydroxyl groups is 1. The van der Waals surface area contributed by atoms with Gasteiger partial charge in [-0.2, -0.15) is 0 Å². The van der Waals surface area contributed by atoms with Gasteiger partial charge < -0.3 is 14.6 Å². The van der Waals surface area contributed by atoms with E-state index in [2.05, 4.69) is 59.0 Å². The van der Waals surface area contributed by atoms with Crippen LogP contribution in [0.2, 0.25) is 18.1 Å². The lowest BCUT2D eigenvalue weighted by Gasteiger charge is -2.39. The average molecular weight is 453 g/mol. The quantitative estimate of drug-likeness (QED) is 0.156. The summed E-state index contributed by atoms with van der Waals surface area (Å²) in [6.45, 7) is 13.8. The second-order valence-electron chi connectivity index (χ2n) is 10.7. The highest BCUT2D eigenvalue weighted by atomic mass is 28.4. The van der Waals surface area contributed by atoms with Gasteiger partial charge in [0.05, 0.1) is 6.10 Å². The lowest BCUT2D eigenvalue weighted by molar-refractivity contribution is -0.137. The molecule has 0 bridgehead atoms. The molecule has 1 aliphatic rings. The first-order valence-corrected chi connectivity index (χ1v) is 15.3. The number of carbonyl (C=O) groups is 1. The Balaban J connectivity index is 2.63. The summed E-state index contributed by atoms with van der Waals surface area (Å²) in [7, 11) is -1.80. The maximum Gasteiger partial charge on any atom is 0.303 e.